The van der Waals surface area contributed by atoms with E-state index in [4.69, 9.17) is 17.0 Å². The zero-order chi connectivity index (χ0) is 17.6. The first-order valence-corrected chi connectivity index (χ1v) is 9.03. The number of rotatable bonds is 4. The largest absolute Gasteiger partial charge is 0.497 e. The third-order valence-corrected chi connectivity index (χ3v) is 4.83. The maximum atomic E-state index is 5.58. The highest BCUT2D eigenvalue weighted by atomic mass is 32.1. The second kappa shape index (κ2) is 8.32. The van der Waals surface area contributed by atoms with Gasteiger partial charge in [0.05, 0.1) is 7.11 Å². The van der Waals surface area contributed by atoms with Crippen LogP contribution >= 0.6 is 12.2 Å². The van der Waals surface area contributed by atoms with Crippen LogP contribution in [0.2, 0.25) is 0 Å². The molecule has 1 aliphatic rings. The summed E-state index contributed by atoms with van der Waals surface area (Å²) < 4.78 is 5.31. The van der Waals surface area contributed by atoms with Gasteiger partial charge < -0.3 is 15.0 Å². The summed E-state index contributed by atoms with van der Waals surface area (Å²) in [6.45, 7) is 6.94. The number of nitrogens with zero attached hydrogens (tertiary/aromatic N) is 2. The van der Waals surface area contributed by atoms with Gasteiger partial charge in [-0.3, -0.25) is 4.90 Å². The summed E-state index contributed by atoms with van der Waals surface area (Å²) in [6, 6.07) is 16.6. The van der Waals surface area contributed by atoms with Gasteiger partial charge in [-0.25, -0.2) is 0 Å². The minimum Gasteiger partial charge on any atom is -0.497 e. The lowest BCUT2D eigenvalue weighted by molar-refractivity contribution is 0.177. The molecule has 0 aliphatic carbocycles. The van der Waals surface area contributed by atoms with Crippen molar-refractivity contribution in [3.63, 3.8) is 0 Å². The molecule has 2 aromatic rings. The Morgan fingerprint density at radius 1 is 1.08 bits per heavy atom. The molecule has 4 nitrogen and oxygen atoms in total. The molecule has 0 amide bonds. The van der Waals surface area contributed by atoms with Crippen LogP contribution in [0.1, 0.15) is 11.1 Å². The van der Waals surface area contributed by atoms with E-state index in [-0.39, 0.29) is 0 Å². The number of hydrogen-bond acceptors (Lipinski definition) is 3. The van der Waals surface area contributed by atoms with Gasteiger partial charge in [-0.05, 0) is 54.5 Å². The summed E-state index contributed by atoms with van der Waals surface area (Å²) in [6.07, 6.45) is 0. The van der Waals surface area contributed by atoms with Crippen molar-refractivity contribution in [3.8, 4) is 5.75 Å². The average Bonchev–Trinajstić information content (AvgIpc) is 2.62. The third kappa shape index (κ3) is 4.94. The summed E-state index contributed by atoms with van der Waals surface area (Å²) in [4.78, 5) is 4.71. The molecule has 0 radical (unpaired) electrons. The molecule has 0 spiro atoms. The lowest BCUT2D eigenvalue weighted by Gasteiger charge is -2.36. The van der Waals surface area contributed by atoms with Crippen molar-refractivity contribution < 1.29 is 4.74 Å². The quantitative estimate of drug-likeness (QED) is 0.847. The first-order chi connectivity index (χ1) is 12.1. The summed E-state index contributed by atoms with van der Waals surface area (Å²) in [5.74, 6) is 0.916. The van der Waals surface area contributed by atoms with Crippen LogP contribution in [0.5, 0.6) is 5.75 Å². The van der Waals surface area contributed by atoms with E-state index < -0.39 is 0 Å². The molecule has 1 saturated heterocycles. The lowest BCUT2D eigenvalue weighted by atomic mass is 10.2. The van der Waals surface area contributed by atoms with Gasteiger partial charge in [0.2, 0.25) is 0 Å². The molecule has 132 valence electrons. The summed E-state index contributed by atoms with van der Waals surface area (Å²) in [5.41, 5.74) is 3.58. The van der Waals surface area contributed by atoms with Gasteiger partial charge in [-0.2, -0.15) is 0 Å². The molecule has 1 aliphatic heterocycles. The molecular formula is C20H25N3OS. The fraction of sp³-hybridized carbons (Fsp3) is 0.350. The van der Waals surface area contributed by atoms with E-state index in [1.165, 1.54) is 11.1 Å². The molecule has 2 aromatic carbocycles. The predicted octanol–water partition coefficient (Wildman–Crippen LogP) is 3.52. The fourth-order valence-electron chi connectivity index (χ4n) is 3.06. The Morgan fingerprint density at radius 2 is 1.84 bits per heavy atom. The van der Waals surface area contributed by atoms with Gasteiger partial charge in [0.25, 0.3) is 0 Å². The molecule has 25 heavy (non-hydrogen) atoms. The first-order valence-electron chi connectivity index (χ1n) is 8.62. The van der Waals surface area contributed by atoms with Gasteiger partial charge in [-0.1, -0.05) is 24.3 Å². The topological polar surface area (TPSA) is 27.7 Å². The second-order valence-corrected chi connectivity index (χ2v) is 6.80. The minimum absolute atomic E-state index is 0.812. The maximum absolute atomic E-state index is 5.58. The highest BCUT2D eigenvalue weighted by molar-refractivity contribution is 7.80. The van der Waals surface area contributed by atoms with E-state index in [2.05, 4.69) is 52.4 Å². The monoisotopic (exact) mass is 355 g/mol. The number of benzene rings is 2. The Bertz CT molecular complexity index is 726. The molecule has 0 aromatic heterocycles. The zero-order valence-electron chi connectivity index (χ0n) is 14.9. The van der Waals surface area contributed by atoms with Crippen LogP contribution < -0.4 is 10.1 Å². The summed E-state index contributed by atoms with van der Waals surface area (Å²) in [5, 5.41) is 4.17. The van der Waals surface area contributed by atoms with Crippen molar-refractivity contribution >= 4 is 23.0 Å². The number of ether oxygens (including phenoxy) is 1. The normalized spacial score (nSPS) is 15.0. The summed E-state index contributed by atoms with van der Waals surface area (Å²) in [7, 11) is 1.71. The van der Waals surface area contributed by atoms with E-state index in [1.807, 2.05) is 18.2 Å². The second-order valence-electron chi connectivity index (χ2n) is 6.41. The fourth-order valence-corrected chi connectivity index (χ4v) is 3.36. The molecule has 1 fully saturated rings. The average molecular weight is 356 g/mol. The number of piperazine rings is 1. The van der Waals surface area contributed by atoms with E-state index >= 15 is 0 Å². The Hall–Kier alpha value is -2.11. The number of thiocarbonyl (C=S) groups is 1. The summed E-state index contributed by atoms with van der Waals surface area (Å²) >= 11 is 5.58. The number of nitrogens with one attached hydrogen (secondary N) is 1. The minimum atomic E-state index is 0.812. The lowest BCUT2D eigenvalue weighted by Crippen LogP contribution is -2.49. The molecular weight excluding hydrogens is 330 g/mol. The highest BCUT2D eigenvalue weighted by Crippen LogP contribution is 2.16. The Balaban J connectivity index is 1.50. The molecule has 0 saturated carbocycles. The van der Waals surface area contributed by atoms with Crippen LogP contribution in [0.15, 0.2) is 48.5 Å². The maximum Gasteiger partial charge on any atom is 0.173 e. The third-order valence-electron chi connectivity index (χ3n) is 4.47. The SMILES string of the molecule is COc1cccc(CN2CCN(C(=S)Nc3cccc(C)c3)CC2)c1. The van der Waals surface area contributed by atoms with E-state index in [0.29, 0.717) is 0 Å². The van der Waals surface area contributed by atoms with Gasteiger partial charge in [0.1, 0.15) is 5.75 Å². The van der Waals surface area contributed by atoms with E-state index in [1.54, 1.807) is 7.11 Å². The van der Waals surface area contributed by atoms with E-state index in [0.717, 1.165) is 49.3 Å². The smallest absolute Gasteiger partial charge is 0.173 e. The molecule has 0 atom stereocenters. The van der Waals surface area contributed by atoms with Crippen LogP contribution in [-0.4, -0.2) is 48.2 Å². The molecule has 5 heteroatoms. The highest BCUT2D eigenvalue weighted by Gasteiger charge is 2.19. The standard InChI is InChI=1S/C20H25N3OS/c1-16-5-3-7-18(13-16)21-20(25)23-11-9-22(10-12-23)15-17-6-4-8-19(14-17)24-2/h3-8,13-14H,9-12,15H2,1-2H3,(H,21,25). The molecule has 0 unspecified atom stereocenters. The van der Waals surface area contributed by atoms with Gasteiger partial charge in [-0.15, -0.1) is 0 Å². The Morgan fingerprint density at radius 3 is 2.56 bits per heavy atom. The van der Waals surface area contributed by atoms with Crippen molar-refractivity contribution in [3.05, 3.63) is 59.7 Å². The van der Waals surface area contributed by atoms with Crippen molar-refractivity contribution in [2.45, 2.75) is 13.5 Å². The first kappa shape index (κ1) is 17.7. The van der Waals surface area contributed by atoms with Crippen molar-refractivity contribution in [2.24, 2.45) is 0 Å². The zero-order valence-corrected chi connectivity index (χ0v) is 15.7. The molecule has 3 rings (SSSR count). The van der Waals surface area contributed by atoms with Gasteiger partial charge in [0, 0.05) is 38.4 Å². The van der Waals surface area contributed by atoms with Crippen LogP contribution in [0.25, 0.3) is 0 Å². The van der Waals surface area contributed by atoms with Crippen LogP contribution in [0, 0.1) is 6.92 Å². The number of aryl methyl sites for hydroxylation is 1. The van der Waals surface area contributed by atoms with Crippen molar-refractivity contribution in [1.82, 2.24) is 9.80 Å². The van der Waals surface area contributed by atoms with Gasteiger partial charge in [0.15, 0.2) is 5.11 Å². The van der Waals surface area contributed by atoms with Crippen molar-refractivity contribution in [1.29, 1.82) is 0 Å². The van der Waals surface area contributed by atoms with Crippen LogP contribution in [-0.2, 0) is 6.54 Å². The molecule has 0 bridgehead atoms. The number of methoxy groups -OCH3 is 1. The van der Waals surface area contributed by atoms with E-state index in [9.17, 15) is 0 Å². The Kier molecular flexibility index (Phi) is 5.89. The van der Waals surface area contributed by atoms with Crippen molar-refractivity contribution in [2.75, 3.05) is 38.6 Å². The van der Waals surface area contributed by atoms with Crippen LogP contribution in [0.3, 0.4) is 0 Å². The predicted molar refractivity (Wildman–Crippen MR) is 107 cm³/mol. The van der Waals surface area contributed by atoms with Gasteiger partial charge >= 0.3 is 0 Å². The van der Waals surface area contributed by atoms with Crippen LogP contribution in [0.4, 0.5) is 5.69 Å². The molecule has 1 N–H and O–H groups in total. The number of hydrogen-bond donors (Lipinski definition) is 1. The number of anilines is 1. The molecule has 1 heterocycles. The Labute approximate surface area is 155 Å².